The van der Waals surface area contributed by atoms with E-state index in [9.17, 15) is 4.39 Å². The lowest BCUT2D eigenvalue weighted by molar-refractivity contribution is 0.473. The van der Waals surface area contributed by atoms with Crippen LogP contribution in [0.2, 0.25) is 0 Å². The molecule has 1 saturated carbocycles. The molecular weight excluding hydrogens is 241 g/mol. The normalized spacial score (nSPS) is 17.3. The molecule has 1 fully saturated rings. The number of halogens is 1. The van der Waals surface area contributed by atoms with Gasteiger partial charge in [0.25, 0.3) is 0 Å². The Balaban J connectivity index is 2.04. The Bertz CT molecular complexity index is 599. The predicted octanol–water partition coefficient (Wildman–Crippen LogP) is 3.04. The molecule has 1 aromatic carbocycles. The molecule has 3 rings (SSSR count). The highest BCUT2D eigenvalue weighted by Gasteiger charge is 2.29. The number of imidazole rings is 1. The average molecular weight is 261 g/mol. The molecule has 102 valence electrons. The minimum Gasteiger partial charge on any atom is -0.327 e. The fourth-order valence-electron chi connectivity index (χ4n) is 2.45. The number of nitrogens with zero attached hydrogens (tertiary/aromatic N) is 2. The summed E-state index contributed by atoms with van der Waals surface area (Å²) in [5.41, 5.74) is 7.95. The molecule has 2 aromatic rings. The minimum atomic E-state index is -0.229. The Morgan fingerprint density at radius 3 is 2.79 bits per heavy atom. The van der Waals surface area contributed by atoms with Gasteiger partial charge < -0.3 is 10.3 Å². The summed E-state index contributed by atoms with van der Waals surface area (Å²) in [7, 11) is 0. The molecule has 2 N–H and O–H groups in total. The van der Waals surface area contributed by atoms with Crippen molar-refractivity contribution < 1.29 is 4.39 Å². The number of hydrogen-bond acceptors (Lipinski definition) is 2. The van der Waals surface area contributed by atoms with Gasteiger partial charge in [0, 0.05) is 24.6 Å². The van der Waals surface area contributed by atoms with Crippen LogP contribution in [0.5, 0.6) is 0 Å². The zero-order valence-corrected chi connectivity index (χ0v) is 11.4. The zero-order valence-electron chi connectivity index (χ0n) is 11.4. The molecule has 1 aromatic heterocycles. The third-order valence-corrected chi connectivity index (χ3v) is 3.91. The molecule has 0 bridgehead atoms. The molecule has 19 heavy (non-hydrogen) atoms. The van der Waals surface area contributed by atoms with Gasteiger partial charge in [0.05, 0.1) is 11.0 Å². The van der Waals surface area contributed by atoms with Gasteiger partial charge in [-0.1, -0.05) is 13.8 Å². The lowest BCUT2D eigenvalue weighted by Crippen LogP contribution is -2.30. The van der Waals surface area contributed by atoms with Crippen molar-refractivity contribution in [1.82, 2.24) is 9.55 Å². The van der Waals surface area contributed by atoms with Crippen LogP contribution in [0.15, 0.2) is 18.2 Å². The van der Waals surface area contributed by atoms with Crippen LogP contribution < -0.4 is 5.73 Å². The predicted molar refractivity (Wildman–Crippen MR) is 74.5 cm³/mol. The van der Waals surface area contributed by atoms with Gasteiger partial charge in [-0.2, -0.15) is 0 Å². The van der Waals surface area contributed by atoms with E-state index in [2.05, 4.69) is 23.4 Å². The maximum atomic E-state index is 13.3. The van der Waals surface area contributed by atoms with E-state index >= 15 is 0 Å². The van der Waals surface area contributed by atoms with Crippen LogP contribution in [-0.2, 0) is 6.42 Å². The average Bonchev–Trinajstić information content (AvgIpc) is 3.11. The first kappa shape index (κ1) is 12.6. The summed E-state index contributed by atoms with van der Waals surface area (Å²) < 4.78 is 15.6. The van der Waals surface area contributed by atoms with Crippen molar-refractivity contribution >= 4 is 11.0 Å². The van der Waals surface area contributed by atoms with Gasteiger partial charge in [0.15, 0.2) is 0 Å². The summed E-state index contributed by atoms with van der Waals surface area (Å²) >= 11 is 0. The molecule has 0 aliphatic heterocycles. The van der Waals surface area contributed by atoms with Crippen molar-refractivity contribution in [2.45, 2.75) is 45.2 Å². The minimum absolute atomic E-state index is 0.0964. The standard InChI is InChI=1S/C15H20FN3/c1-9(2)12(17)8-15-18-13-7-10(16)3-6-14(13)19(15)11-4-5-11/h3,6-7,9,11-12H,4-5,8,17H2,1-2H3. The Hall–Kier alpha value is -1.42. The number of hydrogen-bond donors (Lipinski definition) is 1. The van der Waals surface area contributed by atoms with E-state index in [0.717, 1.165) is 23.3 Å². The maximum absolute atomic E-state index is 13.3. The molecule has 0 saturated heterocycles. The molecule has 1 atom stereocenters. The second-order valence-corrected chi connectivity index (χ2v) is 5.87. The summed E-state index contributed by atoms with van der Waals surface area (Å²) in [5, 5.41) is 0. The number of benzene rings is 1. The summed E-state index contributed by atoms with van der Waals surface area (Å²) in [4.78, 5) is 4.60. The van der Waals surface area contributed by atoms with Gasteiger partial charge in [-0.25, -0.2) is 9.37 Å². The molecule has 3 nitrogen and oxygen atoms in total. The number of fused-ring (bicyclic) bond motifs is 1. The van der Waals surface area contributed by atoms with Crippen molar-refractivity contribution in [3.63, 3.8) is 0 Å². The monoisotopic (exact) mass is 261 g/mol. The molecule has 1 unspecified atom stereocenters. The highest BCUT2D eigenvalue weighted by Crippen LogP contribution is 2.39. The van der Waals surface area contributed by atoms with E-state index in [1.54, 1.807) is 0 Å². The van der Waals surface area contributed by atoms with Crippen molar-refractivity contribution in [3.05, 3.63) is 29.8 Å². The Morgan fingerprint density at radius 2 is 2.16 bits per heavy atom. The first-order valence-electron chi connectivity index (χ1n) is 6.98. The SMILES string of the molecule is CC(C)C(N)Cc1nc2cc(F)ccc2n1C1CC1. The van der Waals surface area contributed by atoms with Crippen molar-refractivity contribution in [2.75, 3.05) is 0 Å². The van der Waals surface area contributed by atoms with Crippen molar-refractivity contribution in [2.24, 2.45) is 11.7 Å². The first-order chi connectivity index (χ1) is 9.06. The lowest BCUT2D eigenvalue weighted by Gasteiger charge is -2.16. The number of aromatic nitrogens is 2. The summed E-state index contributed by atoms with van der Waals surface area (Å²) in [6, 6.07) is 5.48. The largest absolute Gasteiger partial charge is 0.327 e. The van der Waals surface area contributed by atoms with E-state index in [-0.39, 0.29) is 11.9 Å². The van der Waals surface area contributed by atoms with Gasteiger partial charge >= 0.3 is 0 Å². The van der Waals surface area contributed by atoms with Crippen LogP contribution in [0.25, 0.3) is 11.0 Å². The van der Waals surface area contributed by atoms with E-state index in [4.69, 9.17) is 5.73 Å². The van der Waals surface area contributed by atoms with Crippen LogP contribution in [0.4, 0.5) is 4.39 Å². The van der Waals surface area contributed by atoms with Gasteiger partial charge in [-0.15, -0.1) is 0 Å². The van der Waals surface area contributed by atoms with E-state index in [1.807, 2.05) is 6.07 Å². The van der Waals surface area contributed by atoms with Crippen molar-refractivity contribution in [1.29, 1.82) is 0 Å². The smallest absolute Gasteiger partial charge is 0.125 e. The molecule has 1 aliphatic carbocycles. The Labute approximate surface area is 112 Å². The van der Waals surface area contributed by atoms with E-state index in [0.29, 0.717) is 12.0 Å². The molecule has 0 amide bonds. The molecular formula is C15H20FN3. The van der Waals surface area contributed by atoms with Crippen LogP contribution in [0, 0.1) is 11.7 Å². The topological polar surface area (TPSA) is 43.8 Å². The highest BCUT2D eigenvalue weighted by molar-refractivity contribution is 5.76. The Kier molecular flexibility index (Phi) is 3.05. The second-order valence-electron chi connectivity index (χ2n) is 5.87. The fraction of sp³-hybridized carbons (Fsp3) is 0.533. The first-order valence-corrected chi connectivity index (χ1v) is 6.98. The van der Waals surface area contributed by atoms with Crippen molar-refractivity contribution in [3.8, 4) is 0 Å². The molecule has 0 radical (unpaired) electrons. The van der Waals surface area contributed by atoms with Gasteiger partial charge in [-0.3, -0.25) is 0 Å². The summed E-state index contributed by atoms with van der Waals surface area (Å²) in [6.07, 6.45) is 3.13. The van der Waals surface area contributed by atoms with Crippen LogP contribution >= 0.6 is 0 Å². The highest BCUT2D eigenvalue weighted by atomic mass is 19.1. The summed E-state index contributed by atoms with van der Waals surface area (Å²) in [6.45, 7) is 4.24. The zero-order chi connectivity index (χ0) is 13.6. The quantitative estimate of drug-likeness (QED) is 0.919. The van der Waals surface area contributed by atoms with E-state index in [1.165, 1.54) is 25.0 Å². The number of nitrogens with two attached hydrogens (primary N) is 1. The van der Waals surface area contributed by atoms with Gasteiger partial charge in [0.2, 0.25) is 0 Å². The molecule has 4 heteroatoms. The second kappa shape index (κ2) is 4.60. The third kappa shape index (κ3) is 2.37. The molecule has 1 aliphatic rings. The van der Waals surface area contributed by atoms with E-state index < -0.39 is 0 Å². The summed E-state index contributed by atoms with van der Waals surface area (Å²) in [5.74, 6) is 1.20. The van der Waals surface area contributed by atoms with Crippen LogP contribution in [0.3, 0.4) is 0 Å². The molecule has 0 spiro atoms. The molecule has 1 heterocycles. The fourth-order valence-corrected chi connectivity index (χ4v) is 2.45. The van der Waals surface area contributed by atoms with Gasteiger partial charge in [0.1, 0.15) is 11.6 Å². The maximum Gasteiger partial charge on any atom is 0.125 e. The van der Waals surface area contributed by atoms with Gasteiger partial charge in [-0.05, 0) is 30.9 Å². The lowest BCUT2D eigenvalue weighted by atomic mass is 10.0. The number of rotatable bonds is 4. The van der Waals surface area contributed by atoms with Crippen LogP contribution in [0.1, 0.15) is 38.6 Å². The third-order valence-electron chi connectivity index (χ3n) is 3.91. The Morgan fingerprint density at radius 1 is 1.42 bits per heavy atom. The van der Waals surface area contributed by atoms with Crippen LogP contribution in [-0.4, -0.2) is 15.6 Å².